The Kier molecular flexibility index (Phi) is 6.17. The predicted molar refractivity (Wildman–Crippen MR) is 103 cm³/mol. The van der Waals surface area contributed by atoms with E-state index in [0.717, 1.165) is 24.3 Å². The lowest BCUT2D eigenvalue weighted by molar-refractivity contribution is -0.195. The van der Waals surface area contributed by atoms with Gasteiger partial charge in [0.2, 0.25) is 5.54 Å². The number of nitrogens with zero attached hydrogens (tertiary/aromatic N) is 1. The molecule has 3 rings (SSSR count). The summed E-state index contributed by atoms with van der Waals surface area (Å²) < 4.78 is 79.5. The molecule has 0 spiro atoms. The molecule has 10 nitrogen and oxygen atoms in total. The number of aromatic amines is 1. The van der Waals surface area contributed by atoms with E-state index in [-0.39, 0.29) is 18.9 Å². The Hall–Kier alpha value is -2.80. The molecule has 174 valence electrons. The van der Waals surface area contributed by atoms with E-state index >= 15 is 0 Å². The zero-order valence-electron chi connectivity index (χ0n) is 16.6. The molecule has 3 N–H and O–H groups in total. The normalized spacial score (nSPS) is 18.5. The number of H-pyrrole nitrogens is 1. The van der Waals surface area contributed by atoms with Gasteiger partial charge in [0.25, 0.3) is 11.5 Å². The molecule has 1 aromatic heterocycles. The molecule has 2 aromatic rings. The highest BCUT2D eigenvalue weighted by molar-refractivity contribution is 7.51. The van der Waals surface area contributed by atoms with Gasteiger partial charge in [0.05, 0.1) is 24.5 Å². The van der Waals surface area contributed by atoms with Crippen molar-refractivity contribution in [2.75, 3.05) is 18.5 Å². The Bertz CT molecular complexity index is 1200. The summed E-state index contributed by atoms with van der Waals surface area (Å²) in [5.41, 5.74) is -8.08. The van der Waals surface area contributed by atoms with E-state index in [1.54, 1.807) is 10.1 Å². The highest BCUT2D eigenvalue weighted by atomic mass is 31.2. The third kappa shape index (κ3) is 3.79. The van der Waals surface area contributed by atoms with Crippen molar-refractivity contribution in [1.29, 1.82) is 0 Å². The number of aromatic nitrogens is 2. The zero-order chi connectivity index (χ0) is 23.9. The van der Waals surface area contributed by atoms with Crippen molar-refractivity contribution >= 4 is 19.5 Å². The van der Waals surface area contributed by atoms with Gasteiger partial charge in [-0.25, -0.2) is 18.3 Å². The molecule has 0 aliphatic carbocycles. The van der Waals surface area contributed by atoms with Crippen molar-refractivity contribution in [2.45, 2.75) is 25.6 Å². The van der Waals surface area contributed by atoms with Crippen molar-refractivity contribution in [1.82, 2.24) is 14.6 Å². The van der Waals surface area contributed by atoms with Gasteiger partial charge in [-0.15, -0.1) is 0 Å². The molecule has 1 aliphatic heterocycles. The lowest BCUT2D eigenvalue weighted by Crippen LogP contribution is -2.59. The van der Waals surface area contributed by atoms with Crippen molar-refractivity contribution in [3.05, 3.63) is 56.5 Å². The molecule has 0 saturated carbocycles. The Balaban J connectivity index is 2.36. The van der Waals surface area contributed by atoms with Crippen LogP contribution in [0.25, 0.3) is 5.69 Å². The van der Waals surface area contributed by atoms with Crippen LogP contribution < -0.4 is 21.7 Å². The lowest BCUT2D eigenvalue weighted by atomic mass is 9.93. The van der Waals surface area contributed by atoms with Gasteiger partial charge in [0.15, 0.2) is 0 Å². The van der Waals surface area contributed by atoms with Crippen LogP contribution in [0.15, 0.2) is 33.9 Å². The number of benzene rings is 1. The van der Waals surface area contributed by atoms with E-state index < -0.39 is 53.8 Å². The van der Waals surface area contributed by atoms with E-state index in [0.29, 0.717) is 4.57 Å². The van der Waals surface area contributed by atoms with Crippen molar-refractivity contribution in [3.63, 3.8) is 0 Å². The smallest absolute Gasteiger partial charge is 0.309 e. The van der Waals surface area contributed by atoms with Crippen LogP contribution in [-0.2, 0) is 23.9 Å². The van der Waals surface area contributed by atoms with Crippen LogP contribution in [0.4, 0.5) is 23.4 Å². The van der Waals surface area contributed by atoms with Gasteiger partial charge in [-0.3, -0.25) is 23.6 Å². The SMILES string of the molecule is CCOP(=O)(NC1(C(F)(F)F)C(=O)Nc2c1c(=O)[nH]c(=O)n2-c1ccc(F)cc1)OCC. The fraction of sp³-hybridized carbons (Fsp3) is 0.353. The van der Waals surface area contributed by atoms with E-state index in [2.05, 4.69) is 0 Å². The Morgan fingerprint density at radius 1 is 1.09 bits per heavy atom. The summed E-state index contributed by atoms with van der Waals surface area (Å²) in [5, 5.41) is 3.44. The zero-order valence-corrected chi connectivity index (χ0v) is 17.5. The van der Waals surface area contributed by atoms with Crippen LogP contribution >= 0.6 is 7.75 Å². The first kappa shape index (κ1) is 23.9. The first-order valence-electron chi connectivity index (χ1n) is 9.12. The standard InChI is InChI=1S/C17H17F4N4O6P/c1-3-30-32(29,31-4-2)24-16(17(19,20)21)11-12(22-14(16)27)25(15(28)23-13(11)26)10-7-5-9(18)6-8-10/h5-8H,3-4H2,1-2H3,(H,22,27)(H,24,29)(H,23,26,28). The number of carbonyl (C=O) groups is 1. The number of halogens is 4. The summed E-state index contributed by atoms with van der Waals surface area (Å²) in [6, 6.07) is 3.94. The molecule has 1 aromatic carbocycles. The van der Waals surface area contributed by atoms with Crippen LogP contribution in [-0.4, -0.2) is 34.8 Å². The van der Waals surface area contributed by atoms with E-state index in [1.807, 2.05) is 5.32 Å². The maximum atomic E-state index is 14.4. The van der Waals surface area contributed by atoms with Crippen LogP contribution in [0.3, 0.4) is 0 Å². The number of carbonyl (C=O) groups excluding carboxylic acids is 1. The minimum atomic E-state index is -5.54. The second kappa shape index (κ2) is 8.28. The molecule has 32 heavy (non-hydrogen) atoms. The number of fused-ring (bicyclic) bond motifs is 1. The van der Waals surface area contributed by atoms with Gasteiger partial charge >= 0.3 is 19.6 Å². The third-order valence-corrected chi connectivity index (χ3v) is 6.28. The molecule has 1 amide bonds. The number of nitrogens with one attached hydrogen (secondary N) is 3. The second-order valence-electron chi connectivity index (χ2n) is 6.44. The van der Waals surface area contributed by atoms with Crippen molar-refractivity contribution in [3.8, 4) is 5.69 Å². The maximum Gasteiger partial charge on any atom is 0.420 e. The van der Waals surface area contributed by atoms with Crippen LogP contribution in [0, 0.1) is 5.82 Å². The van der Waals surface area contributed by atoms with Gasteiger partial charge in [-0.1, -0.05) is 0 Å². The molecular formula is C17H17F4N4O6P. The van der Waals surface area contributed by atoms with E-state index in [9.17, 15) is 36.5 Å². The summed E-state index contributed by atoms with van der Waals surface area (Å²) in [6.45, 7) is 1.96. The van der Waals surface area contributed by atoms with Gasteiger partial charge in [-0.2, -0.15) is 18.3 Å². The number of hydrogen-bond acceptors (Lipinski definition) is 6. The second-order valence-corrected chi connectivity index (χ2v) is 8.18. The molecule has 0 saturated heterocycles. The van der Waals surface area contributed by atoms with Gasteiger partial charge in [-0.05, 0) is 38.1 Å². The van der Waals surface area contributed by atoms with Gasteiger partial charge in [0, 0.05) is 0 Å². The van der Waals surface area contributed by atoms with Gasteiger partial charge < -0.3 is 5.32 Å². The number of alkyl halides is 3. The predicted octanol–water partition coefficient (Wildman–Crippen LogP) is 2.15. The fourth-order valence-corrected chi connectivity index (χ4v) is 4.88. The van der Waals surface area contributed by atoms with Crippen molar-refractivity contribution in [2.24, 2.45) is 0 Å². The topological polar surface area (TPSA) is 132 Å². The molecule has 15 heteroatoms. The Labute approximate surface area is 177 Å². The van der Waals surface area contributed by atoms with E-state index in [4.69, 9.17) is 9.05 Å². The Morgan fingerprint density at radius 2 is 1.66 bits per heavy atom. The average Bonchev–Trinajstić information content (AvgIpc) is 2.96. The summed E-state index contributed by atoms with van der Waals surface area (Å²) in [7, 11) is -4.77. The first-order chi connectivity index (χ1) is 14.9. The molecule has 2 heterocycles. The highest BCUT2D eigenvalue weighted by Crippen LogP contribution is 2.54. The maximum absolute atomic E-state index is 14.4. The van der Waals surface area contributed by atoms with Gasteiger partial charge in [0.1, 0.15) is 11.6 Å². The molecule has 1 unspecified atom stereocenters. The summed E-state index contributed by atoms with van der Waals surface area (Å²) in [4.78, 5) is 39.4. The molecule has 0 bridgehead atoms. The number of rotatable bonds is 7. The van der Waals surface area contributed by atoms with Crippen LogP contribution in [0.1, 0.15) is 19.4 Å². The average molecular weight is 480 g/mol. The molecular weight excluding hydrogens is 463 g/mol. The number of amides is 1. The number of hydrogen-bond donors (Lipinski definition) is 3. The highest BCUT2D eigenvalue weighted by Gasteiger charge is 2.70. The Morgan fingerprint density at radius 3 is 2.16 bits per heavy atom. The third-order valence-electron chi connectivity index (χ3n) is 4.47. The quantitative estimate of drug-likeness (QED) is 0.409. The number of anilines is 1. The molecule has 1 aliphatic rings. The largest absolute Gasteiger partial charge is 0.420 e. The summed E-state index contributed by atoms with van der Waals surface area (Å²) in [6.07, 6.45) is -5.54. The lowest BCUT2D eigenvalue weighted by Gasteiger charge is -2.32. The monoisotopic (exact) mass is 480 g/mol. The van der Waals surface area contributed by atoms with E-state index in [1.165, 1.54) is 13.8 Å². The summed E-state index contributed by atoms with van der Waals surface area (Å²) in [5.74, 6) is -3.38. The minimum Gasteiger partial charge on any atom is -0.309 e. The summed E-state index contributed by atoms with van der Waals surface area (Å²) >= 11 is 0. The molecule has 0 radical (unpaired) electrons. The van der Waals surface area contributed by atoms with Crippen molar-refractivity contribution < 1.29 is 36.0 Å². The molecule has 1 atom stereocenters. The van der Waals surface area contributed by atoms with Crippen LogP contribution in [0.5, 0.6) is 0 Å². The first-order valence-corrected chi connectivity index (χ1v) is 10.7. The van der Waals surface area contributed by atoms with Crippen LogP contribution in [0.2, 0.25) is 0 Å². The fourth-order valence-electron chi connectivity index (χ4n) is 3.24. The molecule has 0 fully saturated rings. The minimum absolute atomic E-state index is 0.153.